The third-order valence-corrected chi connectivity index (χ3v) is 5.61. The molecule has 164 valence electrons. The molecule has 8 nitrogen and oxygen atoms in total. The zero-order valence-electron chi connectivity index (χ0n) is 17.6. The first-order valence-electron chi connectivity index (χ1n) is 10.5. The van der Waals surface area contributed by atoms with E-state index >= 15 is 0 Å². The Morgan fingerprint density at radius 1 is 1.23 bits per heavy atom. The highest BCUT2D eigenvalue weighted by molar-refractivity contribution is 5.88. The van der Waals surface area contributed by atoms with Crippen LogP contribution in [0.3, 0.4) is 0 Å². The lowest BCUT2D eigenvalue weighted by Gasteiger charge is -2.39. The van der Waals surface area contributed by atoms with Crippen LogP contribution < -0.4 is 14.8 Å². The molecule has 3 heterocycles. The summed E-state index contributed by atoms with van der Waals surface area (Å²) in [6.45, 7) is 3.60. The number of aromatic nitrogens is 1. The molecule has 2 aliphatic heterocycles. The molecule has 1 saturated heterocycles. The Bertz CT molecular complexity index is 914. The lowest BCUT2D eigenvalue weighted by Crippen LogP contribution is -2.54. The molecule has 1 aromatic carbocycles. The molecule has 1 unspecified atom stereocenters. The molecular weight excluding hydrogens is 398 g/mol. The first-order valence-corrected chi connectivity index (χ1v) is 10.5. The van der Waals surface area contributed by atoms with Gasteiger partial charge >= 0.3 is 0 Å². The average Bonchev–Trinajstić information content (AvgIpc) is 2.94. The number of amides is 2. The van der Waals surface area contributed by atoms with E-state index in [9.17, 15) is 9.59 Å². The SMILES string of the molecule is CC(NC(=O)COc1cccnc1)C(=O)N1Cc2ccccc2OC2(CCOCC2)C1. The number of nitrogens with one attached hydrogen (secondary N) is 1. The summed E-state index contributed by atoms with van der Waals surface area (Å²) in [5.74, 6) is 0.790. The predicted octanol–water partition coefficient (Wildman–Crippen LogP) is 1.94. The number of carbonyl (C=O) groups is 2. The number of hydrogen-bond donors (Lipinski definition) is 1. The predicted molar refractivity (Wildman–Crippen MR) is 113 cm³/mol. The highest BCUT2D eigenvalue weighted by atomic mass is 16.5. The molecule has 1 fully saturated rings. The molecule has 1 aromatic heterocycles. The van der Waals surface area contributed by atoms with Crippen molar-refractivity contribution in [3.05, 3.63) is 54.4 Å². The van der Waals surface area contributed by atoms with Crippen LogP contribution in [-0.2, 0) is 20.9 Å². The molecule has 8 heteroatoms. The van der Waals surface area contributed by atoms with Gasteiger partial charge in [0.1, 0.15) is 23.1 Å². The van der Waals surface area contributed by atoms with E-state index in [-0.39, 0.29) is 18.4 Å². The molecule has 4 rings (SSSR count). The number of para-hydroxylation sites is 1. The van der Waals surface area contributed by atoms with Gasteiger partial charge in [-0.1, -0.05) is 18.2 Å². The van der Waals surface area contributed by atoms with Gasteiger partial charge in [0, 0.05) is 31.1 Å². The summed E-state index contributed by atoms with van der Waals surface area (Å²) in [6, 6.07) is 10.6. The summed E-state index contributed by atoms with van der Waals surface area (Å²) < 4.78 is 17.4. The molecule has 0 radical (unpaired) electrons. The topological polar surface area (TPSA) is 90.0 Å². The maximum Gasteiger partial charge on any atom is 0.258 e. The standard InChI is InChI=1S/C23H27N3O5/c1-17(25-21(27)15-30-19-6-4-10-24-13-19)22(28)26-14-18-5-2-3-7-20(18)31-23(16-26)8-11-29-12-9-23/h2-7,10,13,17H,8-9,11-12,14-16H2,1H3,(H,25,27). The normalized spacial score (nSPS) is 18.3. The minimum Gasteiger partial charge on any atom is -0.485 e. The second-order valence-electron chi connectivity index (χ2n) is 7.97. The summed E-state index contributed by atoms with van der Waals surface area (Å²) in [4.78, 5) is 31.3. The fourth-order valence-electron chi connectivity index (χ4n) is 3.97. The molecule has 0 saturated carbocycles. The van der Waals surface area contributed by atoms with Crippen LogP contribution in [0.2, 0.25) is 0 Å². The van der Waals surface area contributed by atoms with Crippen LogP contribution in [0.25, 0.3) is 0 Å². The summed E-state index contributed by atoms with van der Waals surface area (Å²) in [6.07, 6.45) is 4.58. The molecule has 1 N–H and O–H groups in total. The molecule has 1 spiro atoms. The number of fused-ring (bicyclic) bond motifs is 1. The summed E-state index contributed by atoms with van der Waals surface area (Å²) in [5.41, 5.74) is 0.478. The summed E-state index contributed by atoms with van der Waals surface area (Å²) in [5, 5.41) is 2.74. The number of nitrogens with zero attached hydrogens (tertiary/aromatic N) is 2. The van der Waals surface area contributed by atoms with Crippen molar-refractivity contribution in [2.75, 3.05) is 26.4 Å². The van der Waals surface area contributed by atoms with Crippen molar-refractivity contribution in [3.8, 4) is 11.5 Å². The van der Waals surface area contributed by atoms with Crippen LogP contribution >= 0.6 is 0 Å². The minimum absolute atomic E-state index is 0.152. The molecule has 31 heavy (non-hydrogen) atoms. The van der Waals surface area contributed by atoms with Crippen LogP contribution in [0.15, 0.2) is 48.8 Å². The van der Waals surface area contributed by atoms with Crippen molar-refractivity contribution >= 4 is 11.8 Å². The Hall–Kier alpha value is -3.13. The van der Waals surface area contributed by atoms with Crippen LogP contribution in [0.1, 0.15) is 25.3 Å². The third kappa shape index (κ3) is 5.14. The van der Waals surface area contributed by atoms with E-state index in [1.54, 1.807) is 30.2 Å². The first-order chi connectivity index (χ1) is 15.0. The Morgan fingerprint density at radius 2 is 2.03 bits per heavy atom. The smallest absolute Gasteiger partial charge is 0.258 e. The van der Waals surface area contributed by atoms with Gasteiger partial charge in [0.25, 0.3) is 5.91 Å². The van der Waals surface area contributed by atoms with Crippen LogP contribution in [0, 0.1) is 0 Å². The van der Waals surface area contributed by atoms with Gasteiger partial charge in [-0.3, -0.25) is 14.6 Å². The second kappa shape index (κ2) is 9.34. The number of ether oxygens (including phenoxy) is 3. The van der Waals surface area contributed by atoms with E-state index in [0.29, 0.717) is 44.9 Å². The van der Waals surface area contributed by atoms with Crippen molar-refractivity contribution < 1.29 is 23.8 Å². The van der Waals surface area contributed by atoms with Gasteiger partial charge in [0.2, 0.25) is 5.91 Å². The van der Waals surface area contributed by atoms with Gasteiger partial charge in [-0.05, 0) is 25.1 Å². The molecule has 0 aliphatic carbocycles. The van der Waals surface area contributed by atoms with Gasteiger partial charge in [-0.25, -0.2) is 0 Å². The maximum atomic E-state index is 13.3. The summed E-state index contributed by atoms with van der Waals surface area (Å²) in [7, 11) is 0. The number of benzene rings is 1. The van der Waals surface area contributed by atoms with E-state index in [2.05, 4.69) is 10.3 Å². The Kier molecular flexibility index (Phi) is 6.36. The highest BCUT2D eigenvalue weighted by Crippen LogP contribution is 2.35. The van der Waals surface area contributed by atoms with Crippen LogP contribution in [-0.4, -0.2) is 59.7 Å². The Balaban J connectivity index is 1.42. The monoisotopic (exact) mass is 425 g/mol. The van der Waals surface area contributed by atoms with Crippen molar-refractivity contribution in [3.63, 3.8) is 0 Å². The van der Waals surface area contributed by atoms with Gasteiger partial charge in [0.15, 0.2) is 6.61 Å². The number of carbonyl (C=O) groups excluding carboxylic acids is 2. The number of pyridine rings is 1. The van der Waals surface area contributed by atoms with E-state index in [1.165, 1.54) is 6.20 Å². The molecule has 2 amide bonds. The highest BCUT2D eigenvalue weighted by Gasteiger charge is 2.41. The lowest BCUT2D eigenvalue weighted by atomic mass is 9.93. The average molecular weight is 425 g/mol. The summed E-state index contributed by atoms with van der Waals surface area (Å²) >= 11 is 0. The van der Waals surface area contributed by atoms with Gasteiger partial charge in [-0.15, -0.1) is 0 Å². The van der Waals surface area contributed by atoms with E-state index in [4.69, 9.17) is 14.2 Å². The van der Waals surface area contributed by atoms with E-state index in [0.717, 1.165) is 11.3 Å². The van der Waals surface area contributed by atoms with Gasteiger partial charge < -0.3 is 24.4 Å². The molecule has 0 bridgehead atoms. The molecular formula is C23H27N3O5. The van der Waals surface area contributed by atoms with Crippen molar-refractivity contribution in [2.45, 2.75) is 38.0 Å². The van der Waals surface area contributed by atoms with Crippen LogP contribution in [0.5, 0.6) is 11.5 Å². The zero-order chi connectivity index (χ0) is 21.7. The fourth-order valence-corrected chi connectivity index (χ4v) is 3.97. The van der Waals surface area contributed by atoms with Crippen molar-refractivity contribution in [1.82, 2.24) is 15.2 Å². The first kappa shape index (κ1) is 21.1. The van der Waals surface area contributed by atoms with Gasteiger partial charge in [0.05, 0.1) is 26.0 Å². The fraction of sp³-hybridized carbons (Fsp3) is 0.435. The Morgan fingerprint density at radius 3 is 2.81 bits per heavy atom. The largest absolute Gasteiger partial charge is 0.485 e. The quantitative estimate of drug-likeness (QED) is 0.788. The Labute approximate surface area is 181 Å². The number of hydrogen-bond acceptors (Lipinski definition) is 6. The van der Waals surface area contributed by atoms with Crippen LogP contribution in [0.4, 0.5) is 0 Å². The zero-order valence-corrected chi connectivity index (χ0v) is 17.6. The van der Waals surface area contributed by atoms with E-state index < -0.39 is 11.6 Å². The van der Waals surface area contributed by atoms with Crippen molar-refractivity contribution in [2.24, 2.45) is 0 Å². The minimum atomic E-state index is -0.688. The van der Waals surface area contributed by atoms with E-state index in [1.807, 2.05) is 24.3 Å². The number of rotatable bonds is 5. The second-order valence-corrected chi connectivity index (χ2v) is 7.97. The van der Waals surface area contributed by atoms with Gasteiger partial charge in [-0.2, -0.15) is 0 Å². The molecule has 1 atom stereocenters. The third-order valence-electron chi connectivity index (χ3n) is 5.61. The molecule has 2 aromatic rings. The van der Waals surface area contributed by atoms with Crippen molar-refractivity contribution in [1.29, 1.82) is 0 Å². The molecule has 2 aliphatic rings. The maximum absolute atomic E-state index is 13.3. The lowest BCUT2D eigenvalue weighted by molar-refractivity contribution is -0.140.